The minimum absolute atomic E-state index is 0.0442. The number of carbonyl (C=O) groups is 1. The maximum Gasteiger partial charge on any atom is 0.474 e. The van der Waals surface area contributed by atoms with Gasteiger partial charge in [0.05, 0.1) is 77.4 Å². The zero-order valence-corrected chi connectivity index (χ0v) is 32.8. The fourth-order valence-electron chi connectivity index (χ4n) is 3.89. The number of anilines is 1. The van der Waals surface area contributed by atoms with Crippen LogP contribution in [-0.2, 0) is 50.9 Å². The summed E-state index contributed by atoms with van der Waals surface area (Å²) in [7, 11) is -5.47. The maximum absolute atomic E-state index is 12.4. The van der Waals surface area contributed by atoms with Gasteiger partial charge in [-0.25, -0.2) is 9.13 Å². The highest BCUT2D eigenvalue weighted by atomic mass is 31.2. The molecular weight excluding hydrogens is 754 g/mol. The summed E-state index contributed by atoms with van der Waals surface area (Å²) in [5.41, 5.74) is 2.79. The van der Waals surface area contributed by atoms with Gasteiger partial charge in [-0.3, -0.25) is 22.9 Å². The SMILES string of the molecule is CCCOCCOCCOCCOCCOP(=O)(O)OCOP(=O)(O)OCC(O)COCCCNC(=O)c1ccc(N=Nc2ccc(N(C)C)cc2)cc1. The number of phosphoric ester groups is 2. The second-order valence-electron chi connectivity index (χ2n) is 11.4. The van der Waals surface area contributed by atoms with Crippen LogP contribution >= 0.6 is 15.6 Å². The highest BCUT2D eigenvalue weighted by molar-refractivity contribution is 7.48. The minimum Gasteiger partial charge on any atom is -0.388 e. The van der Waals surface area contributed by atoms with E-state index in [1.165, 1.54) is 0 Å². The fraction of sp³-hybridized carbons (Fsp3) is 0.606. The van der Waals surface area contributed by atoms with Crippen molar-refractivity contribution in [3.63, 3.8) is 0 Å². The van der Waals surface area contributed by atoms with Gasteiger partial charge in [0.25, 0.3) is 5.91 Å². The third-order valence-electron chi connectivity index (χ3n) is 6.65. The highest BCUT2D eigenvalue weighted by Crippen LogP contribution is 2.47. The molecule has 2 rings (SSSR count). The quantitative estimate of drug-likeness (QED) is 0.0348. The number of aliphatic hydroxyl groups excluding tert-OH is 1. The lowest BCUT2D eigenvalue weighted by molar-refractivity contribution is -0.0119. The molecule has 0 saturated heterocycles. The predicted octanol–water partition coefficient (Wildman–Crippen LogP) is 4.37. The van der Waals surface area contributed by atoms with Gasteiger partial charge in [-0.1, -0.05) is 6.92 Å². The Morgan fingerprint density at radius 3 is 1.72 bits per heavy atom. The van der Waals surface area contributed by atoms with Gasteiger partial charge >= 0.3 is 15.6 Å². The maximum atomic E-state index is 12.4. The van der Waals surface area contributed by atoms with Crippen molar-refractivity contribution in [3.8, 4) is 0 Å². The molecular formula is C33H54N4O15P2. The van der Waals surface area contributed by atoms with Gasteiger partial charge in [-0.05, 0) is 61.4 Å². The molecule has 0 bridgehead atoms. The molecule has 0 radical (unpaired) electrons. The summed E-state index contributed by atoms with van der Waals surface area (Å²) in [6.45, 7) is 3.16. The Balaban J connectivity index is 1.47. The van der Waals surface area contributed by atoms with E-state index in [1.54, 1.807) is 24.3 Å². The van der Waals surface area contributed by atoms with Gasteiger partial charge in [-0.2, -0.15) is 10.2 Å². The first-order valence-electron chi connectivity index (χ1n) is 17.3. The Morgan fingerprint density at radius 2 is 1.19 bits per heavy atom. The van der Waals surface area contributed by atoms with Crippen LogP contribution in [0, 0.1) is 0 Å². The van der Waals surface area contributed by atoms with Crippen LogP contribution in [0.2, 0.25) is 0 Å². The zero-order valence-electron chi connectivity index (χ0n) is 31.0. The molecule has 3 unspecified atom stereocenters. The topological polar surface area (TPSA) is 235 Å². The van der Waals surface area contributed by atoms with Crippen LogP contribution in [0.25, 0.3) is 0 Å². The van der Waals surface area contributed by atoms with Crippen LogP contribution in [0.4, 0.5) is 17.1 Å². The summed E-state index contributed by atoms with van der Waals surface area (Å²) in [5, 5.41) is 21.2. The largest absolute Gasteiger partial charge is 0.474 e. The third-order valence-corrected chi connectivity index (χ3v) is 8.49. The van der Waals surface area contributed by atoms with E-state index in [9.17, 15) is 28.8 Å². The van der Waals surface area contributed by atoms with E-state index in [-0.39, 0.29) is 45.5 Å². The number of hydrogen-bond donors (Lipinski definition) is 4. The van der Waals surface area contributed by atoms with E-state index in [0.717, 1.165) is 12.1 Å². The number of aliphatic hydroxyl groups is 1. The molecule has 0 fully saturated rings. The Hall–Kier alpha value is -2.71. The predicted molar refractivity (Wildman–Crippen MR) is 197 cm³/mol. The van der Waals surface area contributed by atoms with Crippen molar-refractivity contribution in [2.75, 3.05) is 112 Å². The molecule has 306 valence electrons. The Kier molecular flexibility index (Phi) is 24.4. The molecule has 19 nitrogen and oxygen atoms in total. The van der Waals surface area contributed by atoms with Crippen molar-refractivity contribution >= 4 is 38.6 Å². The molecule has 21 heteroatoms. The monoisotopic (exact) mass is 808 g/mol. The summed E-state index contributed by atoms with van der Waals surface area (Å²) in [5.74, 6) is -0.286. The van der Waals surface area contributed by atoms with E-state index in [2.05, 4.69) is 29.1 Å². The second-order valence-corrected chi connectivity index (χ2v) is 14.3. The van der Waals surface area contributed by atoms with E-state index >= 15 is 0 Å². The van der Waals surface area contributed by atoms with E-state index in [4.69, 9.17) is 28.2 Å². The number of rotatable bonds is 32. The molecule has 0 spiro atoms. The lowest BCUT2D eigenvalue weighted by Gasteiger charge is -2.16. The molecule has 0 aliphatic carbocycles. The number of phosphoric acid groups is 2. The smallest absolute Gasteiger partial charge is 0.388 e. The zero-order chi connectivity index (χ0) is 39.5. The molecule has 4 N–H and O–H groups in total. The van der Waals surface area contributed by atoms with Gasteiger partial charge in [0.2, 0.25) is 0 Å². The van der Waals surface area contributed by atoms with Gasteiger partial charge in [0.15, 0.2) is 6.79 Å². The fourth-order valence-corrected chi connectivity index (χ4v) is 5.16. The highest BCUT2D eigenvalue weighted by Gasteiger charge is 2.27. The van der Waals surface area contributed by atoms with Gasteiger partial charge < -0.3 is 48.8 Å². The molecule has 3 atom stereocenters. The van der Waals surface area contributed by atoms with Gasteiger partial charge in [0.1, 0.15) is 6.10 Å². The van der Waals surface area contributed by atoms with E-state index < -0.39 is 35.1 Å². The second kappa shape index (κ2) is 27.8. The Morgan fingerprint density at radius 1 is 0.685 bits per heavy atom. The van der Waals surface area contributed by atoms with Crippen molar-refractivity contribution in [1.29, 1.82) is 0 Å². The lowest BCUT2D eigenvalue weighted by Crippen LogP contribution is -2.26. The molecule has 0 aliphatic heterocycles. The number of amides is 1. The van der Waals surface area contributed by atoms with Crippen molar-refractivity contribution in [3.05, 3.63) is 54.1 Å². The van der Waals surface area contributed by atoms with E-state index in [0.29, 0.717) is 62.9 Å². The minimum atomic E-state index is -4.75. The molecule has 0 saturated carbocycles. The van der Waals surface area contributed by atoms with Gasteiger partial charge in [0, 0.05) is 45.1 Å². The van der Waals surface area contributed by atoms with Crippen LogP contribution in [-0.4, -0.2) is 134 Å². The van der Waals surface area contributed by atoms with Crippen LogP contribution in [0.1, 0.15) is 30.1 Å². The van der Waals surface area contributed by atoms with Crippen molar-refractivity contribution < 1.29 is 70.6 Å². The number of benzene rings is 2. The number of hydrogen-bond acceptors (Lipinski definition) is 16. The number of ether oxygens (including phenoxy) is 5. The summed E-state index contributed by atoms with van der Waals surface area (Å²) < 4.78 is 68.7. The first-order valence-corrected chi connectivity index (χ1v) is 20.3. The summed E-state index contributed by atoms with van der Waals surface area (Å²) >= 11 is 0. The summed E-state index contributed by atoms with van der Waals surface area (Å²) in [6, 6.07) is 14.3. The summed E-state index contributed by atoms with van der Waals surface area (Å²) in [4.78, 5) is 33.8. The first-order chi connectivity index (χ1) is 25.9. The number of carbonyl (C=O) groups excluding carboxylic acids is 1. The molecule has 2 aromatic rings. The van der Waals surface area contributed by atoms with Crippen molar-refractivity contribution in [2.24, 2.45) is 10.2 Å². The third kappa shape index (κ3) is 23.3. The molecule has 1 amide bonds. The standard InChI is InChI=1S/C33H54N4O15P2/c1-4-15-44-17-18-45-19-20-46-21-22-47-23-24-49-53(40,41)51-27-52-54(42,43)50-26-32(38)25-48-16-5-14-34-33(39)28-6-8-29(9-7-28)35-36-30-10-12-31(13-11-30)37(2)3/h6-13,32,38H,4-5,14-27H2,1-3H3,(H,34,39)(H,40,41)(H,42,43). The first kappa shape index (κ1) is 47.4. The molecule has 2 aromatic carbocycles. The summed E-state index contributed by atoms with van der Waals surface area (Å²) in [6.07, 6.45) is 0.0862. The van der Waals surface area contributed by atoms with Gasteiger partial charge in [-0.15, -0.1) is 0 Å². The van der Waals surface area contributed by atoms with Crippen LogP contribution < -0.4 is 10.2 Å². The Bertz CT molecular complexity index is 1420. The Labute approximate surface area is 316 Å². The normalized spacial score (nSPS) is 14.5. The number of nitrogens with one attached hydrogen (secondary N) is 1. The molecule has 0 aliphatic rings. The van der Waals surface area contributed by atoms with Crippen LogP contribution in [0.15, 0.2) is 58.8 Å². The van der Waals surface area contributed by atoms with Crippen LogP contribution in [0.3, 0.4) is 0 Å². The number of azo groups is 1. The molecule has 0 aromatic heterocycles. The molecule has 54 heavy (non-hydrogen) atoms. The van der Waals surface area contributed by atoms with Crippen molar-refractivity contribution in [2.45, 2.75) is 25.9 Å². The molecule has 0 heterocycles. The van der Waals surface area contributed by atoms with Crippen molar-refractivity contribution in [1.82, 2.24) is 5.32 Å². The lowest BCUT2D eigenvalue weighted by atomic mass is 10.2. The van der Waals surface area contributed by atoms with Crippen LogP contribution in [0.5, 0.6) is 0 Å². The average Bonchev–Trinajstić information content (AvgIpc) is 3.14. The number of nitrogens with zero attached hydrogens (tertiary/aromatic N) is 3. The van der Waals surface area contributed by atoms with E-state index in [1.807, 2.05) is 50.2 Å². The average molecular weight is 809 g/mol.